The maximum Gasteiger partial charge on any atom is 0.240 e. The highest BCUT2D eigenvalue weighted by Crippen LogP contribution is 2.35. The molecule has 0 aromatic rings. The standard InChI is InChI=1S/C34H60N4O4/c1-26(40)32-31(25-39)42-38(33(32)34(41)36-20-11-21-37(2)30-17-7-4-8-18-30)24-29-15-9-14-27(22-29)16-10-19-35-23-28-12-5-3-6-13-28/h26-33,35,39-40H,3-9,11-15,17-25H2,1-2H3,(H,36,41)/t26-,27?,29?,31-,32+,33-/m1/s1. The second kappa shape index (κ2) is 17.9. The Hall–Kier alpha value is -1.21. The van der Waals surface area contributed by atoms with E-state index < -0.39 is 24.2 Å². The normalized spacial score (nSPS) is 30.6. The molecule has 0 radical (unpaired) electrons. The van der Waals surface area contributed by atoms with Crippen LogP contribution in [-0.2, 0) is 9.63 Å². The van der Waals surface area contributed by atoms with Crippen LogP contribution in [0.15, 0.2) is 0 Å². The van der Waals surface area contributed by atoms with E-state index in [9.17, 15) is 15.0 Å². The molecule has 0 bridgehead atoms. The fraction of sp³-hybridized carbons (Fsp3) is 0.912. The van der Waals surface area contributed by atoms with Crippen molar-refractivity contribution in [2.24, 2.45) is 23.7 Å². The number of hydrogen-bond donors (Lipinski definition) is 4. The summed E-state index contributed by atoms with van der Waals surface area (Å²) >= 11 is 0. The lowest BCUT2D eigenvalue weighted by Crippen LogP contribution is -2.50. The van der Waals surface area contributed by atoms with E-state index in [0.29, 0.717) is 31.0 Å². The predicted octanol–water partition coefficient (Wildman–Crippen LogP) is 3.71. The largest absolute Gasteiger partial charge is 0.394 e. The Labute approximate surface area is 255 Å². The SMILES string of the molecule is C[C@@H](O)[C@H]1[C@@H](CO)ON(CC2CCCC(C#CCNCC3CCCCC3)C2)[C@H]1C(=O)NCCCN(C)C1CCCCC1. The summed E-state index contributed by atoms with van der Waals surface area (Å²) in [4.78, 5) is 22.1. The van der Waals surface area contributed by atoms with Gasteiger partial charge in [0.2, 0.25) is 5.91 Å². The van der Waals surface area contributed by atoms with Crippen molar-refractivity contribution < 1.29 is 19.8 Å². The zero-order valence-electron chi connectivity index (χ0n) is 26.6. The van der Waals surface area contributed by atoms with E-state index in [1.807, 2.05) is 0 Å². The van der Waals surface area contributed by atoms with E-state index in [0.717, 1.165) is 57.7 Å². The van der Waals surface area contributed by atoms with Gasteiger partial charge in [-0.2, -0.15) is 5.06 Å². The fourth-order valence-electron chi connectivity index (χ4n) is 8.01. The molecule has 0 aromatic carbocycles. The topological polar surface area (TPSA) is 97.3 Å². The zero-order chi connectivity index (χ0) is 29.7. The summed E-state index contributed by atoms with van der Waals surface area (Å²) in [6, 6.07) is 0.0635. The minimum Gasteiger partial charge on any atom is -0.394 e. The molecule has 0 spiro atoms. The van der Waals surface area contributed by atoms with Gasteiger partial charge in [-0.1, -0.05) is 56.8 Å². The van der Waals surface area contributed by atoms with Crippen molar-refractivity contribution in [3.05, 3.63) is 0 Å². The molecule has 1 amide bonds. The molecule has 6 atom stereocenters. The molecule has 1 aliphatic heterocycles. The third kappa shape index (κ3) is 10.2. The first-order valence-corrected chi connectivity index (χ1v) is 17.4. The van der Waals surface area contributed by atoms with Crippen LogP contribution in [-0.4, -0.2) is 96.8 Å². The van der Waals surface area contributed by atoms with Crippen molar-refractivity contribution in [3.8, 4) is 11.8 Å². The lowest BCUT2D eigenvalue weighted by Gasteiger charge is -2.32. The molecule has 3 aliphatic carbocycles. The van der Waals surface area contributed by atoms with E-state index in [1.54, 1.807) is 12.0 Å². The van der Waals surface area contributed by atoms with E-state index in [4.69, 9.17) is 4.84 Å². The highest BCUT2D eigenvalue weighted by Gasteiger charge is 2.49. The Kier molecular flexibility index (Phi) is 14.4. The van der Waals surface area contributed by atoms with Crippen molar-refractivity contribution in [3.63, 3.8) is 0 Å². The Morgan fingerprint density at radius 3 is 2.45 bits per heavy atom. The molecule has 8 nitrogen and oxygen atoms in total. The lowest BCUT2D eigenvalue weighted by atomic mass is 9.81. The van der Waals surface area contributed by atoms with Gasteiger partial charge >= 0.3 is 0 Å². The predicted molar refractivity (Wildman–Crippen MR) is 167 cm³/mol. The fourth-order valence-corrected chi connectivity index (χ4v) is 8.01. The average molecular weight is 589 g/mol. The first-order valence-electron chi connectivity index (χ1n) is 17.4. The Morgan fingerprint density at radius 2 is 1.74 bits per heavy atom. The number of aliphatic hydroxyl groups is 2. The minimum absolute atomic E-state index is 0.103. The van der Waals surface area contributed by atoms with Crippen LogP contribution in [0.5, 0.6) is 0 Å². The van der Waals surface area contributed by atoms with Gasteiger partial charge < -0.3 is 25.7 Å². The summed E-state index contributed by atoms with van der Waals surface area (Å²) in [5.41, 5.74) is 0. The summed E-state index contributed by atoms with van der Waals surface area (Å²) in [5.74, 6) is 7.92. The first-order chi connectivity index (χ1) is 20.5. The quantitative estimate of drug-likeness (QED) is 0.192. The summed E-state index contributed by atoms with van der Waals surface area (Å²) in [7, 11) is 2.20. The van der Waals surface area contributed by atoms with Crippen molar-refractivity contribution in [2.75, 3.05) is 46.4 Å². The van der Waals surface area contributed by atoms with Crippen molar-refractivity contribution in [1.82, 2.24) is 20.6 Å². The van der Waals surface area contributed by atoms with E-state index in [2.05, 4.69) is 34.4 Å². The molecule has 1 saturated heterocycles. The van der Waals surface area contributed by atoms with Crippen LogP contribution in [0.3, 0.4) is 0 Å². The second-order valence-electron chi connectivity index (χ2n) is 13.8. The van der Waals surface area contributed by atoms with Gasteiger partial charge in [-0.05, 0) is 90.3 Å². The molecular formula is C34H60N4O4. The number of carbonyl (C=O) groups is 1. The smallest absolute Gasteiger partial charge is 0.240 e. The maximum atomic E-state index is 13.5. The molecule has 240 valence electrons. The minimum atomic E-state index is -0.758. The van der Waals surface area contributed by atoms with Crippen LogP contribution in [0, 0.1) is 35.5 Å². The molecule has 42 heavy (non-hydrogen) atoms. The first kappa shape index (κ1) is 33.7. The van der Waals surface area contributed by atoms with Crippen molar-refractivity contribution in [2.45, 2.75) is 128 Å². The van der Waals surface area contributed by atoms with Gasteiger partial charge in [-0.25, -0.2) is 0 Å². The molecule has 1 heterocycles. The molecule has 4 fully saturated rings. The van der Waals surface area contributed by atoms with Crippen LogP contribution >= 0.6 is 0 Å². The third-order valence-corrected chi connectivity index (χ3v) is 10.5. The van der Waals surface area contributed by atoms with Crippen molar-refractivity contribution >= 4 is 5.91 Å². The summed E-state index contributed by atoms with van der Waals surface area (Å²) in [6.07, 6.45) is 17.3. The number of aliphatic hydroxyl groups excluding tert-OH is 2. The van der Waals surface area contributed by atoms with E-state index >= 15 is 0 Å². The van der Waals surface area contributed by atoms with Gasteiger partial charge in [-0.15, -0.1) is 0 Å². The Bertz CT molecular complexity index is 848. The van der Waals surface area contributed by atoms with Gasteiger partial charge in [0.15, 0.2) is 0 Å². The van der Waals surface area contributed by atoms with E-state index in [-0.39, 0.29) is 12.5 Å². The number of amides is 1. The van der Waals surface area contributed by atoms with Gasteiger partial charge in [0, 0.05) is 31.0 Å². The number of nitrogens with one attached hydrogen (secondary N) is 2. The van der Waals surface area contributed by atoms with Crippen molar-refractivity contribution in [1.29, 1.82) is 0 Å². The summed E-state index contributed by atoms with van der Waals surface area (Å²) in [6.45, 7) is 5.54. The van der Waals surface area contributed by atoms with Crippen LogP contribution in [0.4, 0.5) is 0 Å². The molecule has 4 rings (SSSR count). The highest BCUT2D eigenvalue weighted by atomic mass is 16.7. The Morgan fingerprint density at radius 1 is 1.02 bits per heavy atom. The number of hydrogen-bond acceptors (Lipinski definition) is 7. The highest BCUT2D eigenvalue weighted by molar-refractivity contribution is 5.82. The maximum absolute atomic E-state index is 13.5. The van der Waals surface area contributed by atoms with Gasteiger partial charge in [0.25, 0.3) is 0 Å². The molecule has 8 heteroatoms. The van der Waals surface area contributed by atoms with Crippen LogP contribution < -0.4 is 10.6 Å². The second-order valence-corrected chi connectivity index (χ2v) is 13.8. The Balaban J connectivity index is 1.25. The molecule has 3 saturated carbocycles. The average Bonchev–Trinajstić information content (AvgIpc) is 3.38. The van der Waals surface area contributed by atoms with Crippen LogP contribution in [0.25, 0.3) is 0 Å². The number of carbonyl (C=O) groups excluding carboxylic acids is 1. The molecule has 2 unspecified atom stereocenters. The van der Waals surface area contributed by atoms with Gasteiger partial charge in [0.1, 0.15) is 12.1 Å². The lowest BCUT2D eigenvalue weighted by molar-refractivity contribution is -0.183. The van der Waals surface area contributed by atoms with Crippen LogP contribution in [0.1, 0.15) is 103 Å². The molecule has 4 aliphatic rings. The number of hydroxylamine groups is 2. The zero-order valence-corrected chi connectivity index (χ0v) is 26.6. The molecular weight excluding hydrogens is 528 g/mol. The van der Waals surface area contributed by atoms with Gasteiger partial charge in [-0.3, -0.25) is 9.63 Å². The third-order valence-electron chi connectivity index (χ3n) is 10.5. The summed E-state index contributed by atoms with van der Waals surface area (Å²) in [5, 5.41) is 29.2. The monoisotopic (exact) mass is 588 g/mol. The summed E-state index contributed by atoms with van der Waals surface area (Å²) < 4.78 is 0. The van der Waals surface area contributed by atoms with Gasteiger partial charge in [0.05, 0.1) is 19.3 Å². The van der Waals surface area contributed by atoms with E-state index in [1.165, 1.54) is 64.2 Å². The molecule has 4 N–H and O–H groups in total. The van der Waals surface area contributed by atoms with Crippen LogP contribution in [0.2, 0.25) is 0 Å². The number of nitrogens with zero attached hydrogens (tertiary/aromatic N) is 2. The molecule has 0 aromatic heterocycles. The number of rotatable bonds is 13.